The number of methoxy groups -OCH3 is 1. The molecule has 0 saturated heterocycles. The molecule has 1 aliphatic heterocycles. The average molecular weight is 312 g/mol. The molecule has 0 fully saturated rings. The van der Waals surface area contributed by atoms with Gasteiger partial charge in [0.05, 0.1) is 18.8 Å². The van der Waals surface area contributed by atoms with Gasteiger partial charge in [0.2, 0.25) is 0 Å². The summed E-state index contributed by atoms with van der Waals surface area (Å²) < 4.78 is 10.6. The third kappa shape index (κ3) is 3.97. The highest BCUT2D eigenvalue weighted by molar-refractivity contribution is 6.30. The predicted molar refractivity (Wildman–Crippen MR) is 80.5 cm³/mol. The highest BCUT2D eigenvalue weighted by atomic mass is 35.5. The van der Waals surface area contributed by atoms with Gasteiger partial charge in [-0.25, -0.2) is 0 Å². The lowest BCUT2D eigenvalue weighted by Crippen LogP contribution is -2.38. The van der Waals surface area contributed by atoms with Gasteiger partial charge >= 0.3 is 0 Å². The molecule has 5 nitrogen and oxygen atoms in total. The first-order chi connectivity index (χ1) is 10.2. The van der Waals surface area contributed by atoms with Gasteiger partial charge in [-0.3, -0.25) is 4.79 Å². The average Bonchev–Trinajstić information content (AvgIpc) is 2.50. The van der Waals surface area contributed by atoms with Crippen molar-refractivity contribution >= 4 is 23.6 Å². The molecule has 0 spiro atoms. The zero-order chi connectivity index (χ0) is 15.2. The van der Waals surface area contributed by atoms with Crippen LogP contribution >= 0.6 is 11.6 Å². The highest BCUT2D eigenvalue weighted by Crippen LogP contribution is 2.29. The molecule has 21 heavy (non-hydrogen) atoms. The molecule has 6 heteroatoms. The molecule has 1 N–H and O–H groups in total. The molecule has 0 unspecified atom stereocenters. The molecule has 0 aromatic heterocycles. The van der Waals surface area contributed by atoms with Crippen LogP contribution in [0.2, 0.25) is 5.02 Å². The van der Waals surface area contributed by atoms with Crippen LogP contribution in [0.5, 0.6) is 5.75 Å². The van der Waals surface area contributed by atoms with E-state index in [0.29, 0.717) is 29.5 Å². The number of carbonyl (C=O) groups is 1. The summed E-state index contributed by atoms with van der Waals surface area (Å²) >= 11 is 5.95. The summed E-state index contributed by atoms with van der Waals surface area (Å²) in [6.07, 6.45) is 1.78. The van der Waals surface area contributed by atoms with Crippen molar-refractivity contribution in [1.29, 1.82) is 0 Å². The number of aliphatic hydroxyl groups is 1. The lowest BCUT2D eigenvalue weighted by atomic mass is 10.1. The van der Waals surface area contributed by atoms with Gasteiger partial charge in [0.1, 0.15) is 12.4 Å². The van der Waals surface area contributed by atoms with Gasteiger partial charge in [0.15, 0.2) is 0 Å². The Morgan fingerprint density at radius 3 is 3.00 bits per heavy atom. The van der Waals surface area contributed by atoms with Crippen molar-refractivity contribution in [2.24, 2.45) is 0 Å². The van der Waals surface area contributed by atoms with Crippen molar-refractivity contribution < 1.29 is 19.4 Å². The van der Waals surface area contributed by atoms with Crippen molar-refractivity contribution in [3.63, 3.8) is 0 Å². The van der Waals surface area contributed by atoms with Crippen LogP contribution in [-0.4, -0.2) is 55.9 Å². The van der Waals surface area contributed by atoms with E-state index in [-0.39, 0.29) is 25.7 Å². The molecule has 1 amide bonds. The molecular weight excluding hydrogens is 294 g/mol. The molecular formula is C15H18ClNO4. The Kier molecular flexibility index (Phi) is 5.61. The molecule has 1 heterocycles. The van der Waals surface area contributed by atoms with Gasteiger partial charge in [0.25, 0.3) is 5.91 Å². The molecule has 1 aliphatic rings. The van der Waals surface area contributed by atoms with Crippen molar-refractivity contribution in [2.45, 2.75) is 0 Å². The summed E-state index contributed by atoms with van der Waals surface area (Å²) in [6, 6.07) is 5.29. The number of benzene rings is 1. The van der Waals surface area contributed by atoms with Crippen LogP contribution < -0.4 is 4.74 Å². The summed E-state index contributed by atoms with van der Waals surface area (Å²) in [6.45, 7) is 1.23. The quantitative estimate of drug-likeness (QED) is 0.866. The van der Waals surface area contributed by atoms with Crippen LogP contribution in [0.25, 0.3) is 6.08 Å². The Bertz CT molecular complexity index is 544. The zero-order valence-electron chi connectivity index (χ0n) is 11.8. The fourth-order valence-corrected chi connectivity index (χ4v) is 2.29. The lowest BCUT2D eigenvalue weighted by Gasteiger charge is -2.25. The minimum absolute atomic E-state index is 0.0913. The molecule has 0 bridgehead atoms. The van der Waals surface area contributed by atoms with E-state index >= 15 is 0 Å². The Morgan fingerprint density at radius 1 is 1.48 bits per heavy atom. The van der Waals surface area contributed by atoms with Crippen molar-refractivity contribution in [3.05, 3.63) is 34.4 Å². The third-order valence-corrected chi connectivity index (χ3v) is 3.42. The highest BCUT2D eigenvalue weighted by Gasteiger charge is 2.22. The smallest absolute Gasteiger partial charge is 0.253 e. The van der Waals surface area contributed by atoms with Crippen LogP contribution in [0.1, 0.15) is 5.56 Å². The molecule has 0 radical (unpaired) electrons. The monoisotopic (exact) mass is 311 g/mol. The summed E-state index contributed by atoms with van der Waals surface area (Å²) in [5.74, 6) is 0.549. The number of hydrogen-bond donors (Lipinski definition) is 1. The zero-order valence-corrected chi connectivity index (χ0v) is 12.6. The predicted octanol–water partition coefficient (Wildman–Crippen LogP) is 1.58. The fraction of sp³-hybridized carbons (Fsp3) is 0.400. The SMILES string of the molecule is COCCN(CCO)C(=O)C1=Cc2cc(Cl)ccc2OC1. The number of rotatable bonds is 6. The number of fused-ring (bicyclic) bond motifs is 1. The first kappa shape index (κ1) is 15.8. The van der Waals surface area contributed by atoms with Crippen molar-refractivity contribution in [3.8, 4) is 5.75 Å². The normalized spacial score (nSPS) is 13.2. The minimum atomic E-state index is -0.160. The largest absolute Gasteiger partial charge is 0.488 e. The number of ether oxygens (including phenoxy) is 2. The second-order valence-electron chi connectivity index (χ2n) is 4.65. The molecule has 2 rings (SSSR count). The van der Waals surface area contributed by atoms with Crippen molar-refractivity contribution in [1.82, 2.24) is 4.90 Å². The van der Waals surface area contributed by atoms with E-state index in [2.05, 4.69) is 0 Å². The Balaban J connectivity index is 2.18. The third-order valence-electron chi connectivity index (χ3n) is 3.18. The number of carbonyl (C=O) groups excluding carboxylic acids is 1. The van der Waals surface area contributed by atoms with Crippen LogP contribution in [0.3, 0.4) is 0 Å². The Labute approximate surface area is 128 Å². The van der Waals surface area contributed by atoms with E-state index in [0.717, 1.165) is 5.56 Å². The van der Waals surface area contributed by atoms with Crippen LogP contribution in [-0.2, 0) is 9.53 Å². The molecule has 1 aromatic rings. The maximum Gasteiger partial charge on any atom is 0.253 e. The standard InChI is InChI=1S/C15H18ClNO4/c1-20-7-5-17(4-6-18)15(19)12-8-11-9-13(16)2-3-14(11)21-10-12/h2-3,8-9,18H,4-7,10H2,1H3. The summed E-state index contributed by atoms with van der Waals surface area (Å²) in [7, 11) is 1.57. The molecule has 0 saturated carbocycles. The van der Waals surface area contributed by atoms with E-state index in [1.807, 2.05) is 0 Å². The summed E-state index contributed by atoms with van der Waals surface area (Å²) in [4.78, 5) is 14.0. The van der Waals surface area contributed by atoms with Gasteiger partial charge in [0, 0.05) is 30.8 Å². The number of hydrogen-bond acceptors (Lipinski definition) is 4. The Morgan fingerprint density at radius 2 is 2.29 bits per heavy atom. The maximum atomic E-state index is 12.5. The minimum Gasteiger partial charge on any atom is -0.488 e. The maximum absolute atomic E-state index is 12.5. The summed E-state index contributed by atoms with van der Waals surface area (Å²) in [5, 5.41) is 9.67. The van der Waals surface area contributed by atoms with Gasteiger partial charge in [-0.1, -0.05) is 11.6 Å². The van der Waals surface area contributed by atoms with Gasteiger partial charge in [-0.05, 0) is 24.3 Å². The first-order valence-electron chi connectivity index (χ1n) is 6.67. The molecule has 114 valence electrons. The van der Waals surface area contributed by atoms with E-state index < -0.39 is 0 Å². The molecule has 1 aromatic carbocycles. The van der Waals surface area contributed by atoms with Crippen LogP contribution in [0.4, 0.5) is 0 Å². The first-order valence-corrected chi connectivity index (χ1v) is 7.05. The van der Waals surface area contributed by atoms with Gasteiger partial charge in [-0.15, -0.1) is 0 Å². The van der Waals surface area contributed by atoms with Crippen molar-refractivity contribution in [2.75, 3.05) is 40.0 Å². The Hall–Kier alpha value is -1.56. The summed E-state index contributed by atoms with van der Waals surface area (Å²) in [5.41, 5.74) is 1.32. The van der Waals surface area contributed by atoms with Gasteiger partial charge < -0.3 is 19.5 Å². The fourth-order valence-electron chi connectivity index (χ4n) is 2.11. The molecule has 0 atom stereocenters. The van der Waals surface area contributed by atoms with Gasteiger partial charge in [-0.2, -0.15) is 0 Å². The molecule has 0 aliphatic carbocycles. The number of halogens is 1. The lowest BCUT2D eigenvalue weighted by molar-refractivity contribution is -0.128. The van der Waals surface area contributed by atoms with Crippen LogP contribution in [0, 0.1) is 0 Å². The van der Waals surface area contributed by atoms with E-state index in [4.69, 9.17) is 26.2 Å². The number of amides is 1. The topological polar surface area (TPSA) is 59.0 Å². The van der Waals surface area contributed by atoms with E-state index in [1.54, 1.807) is 36.3 Å². The second-order valence-corrected chi connectivity index (χ2v) is 5.09. The number of nitrogens with zero attached hydrogens (tertiary/aromatic N) is 1. The van der Waals surface area contributed by atoms with E-state index in [1.165, 1.54) is 0 Å². The van der Waals surface area contributed by atoms with Crippen LogP contribution in [0.15, 0.2) is 23.8 Å². The second kappa shape index (κ2) is 7.45. The number of aliphatic hydroxyl groups excluding tert-OH is 1. The van der Waals surface area contributed by atoms with E-state index in [9.17, 15) is 4.79 Å².